The molecule has 0 bridgehead atoms. The van der Waals surface area contributed by atoms with E-state index in [1.807, 2.05) is 55.1 Å². The van der Waals surface area contributed by atoms with Crippen molar-refractivity contribution in [2.24, 2.45) is 5.92 Å². The van der Waals surface area contributed by atoms with Gasteiger partial charge in [0, 0.05) is 42.5 Å². The molecule has 244 valence electrons. The summed E-state index contributed by atoms with van der Waals surface area (Å²) < 4.78 is 11.8. The Kier molecular flexibility index (Phi) is 9.90. The molecule has 2 heterocycles. The summed E-state index contributed by atoms with van der Waals surface area (Å²) in [6.45, 7) is 6.70. The van der Waals surface area contributed by atoms with Crippen LogP contribution in [0, 0.1) is 5.92 Å². The van der Waals surface area contributed by atoms with Gasteiger partial charge in [0.1, 0.15) is 5.78 Å². The summed E-state index contributed by atoms with van der Waals surface area (Å²) in [4.78, 5) is 32.6. The first-order chi connectivity index (χ1) is 22.2. The van der Waals surface area contributed by atoms with Crippen LogP contribution in [-0.4, -0.2) is 62.5 Å². The number of carbonyl (C=O) groups excluding carboxylic acids is 2. The standard InChI is InChI=1S/C38H46ClN3O4/c1-25(2)46-36-22-34-28(20-35(36)45-4)21-37(44)42(38(34)27-9-11-29(39)12-10-27)32-17-15-30(16-18-32)40(3)23-26-7-13-31(14-8-26)41-19-5-6-33(43)24-41/h9-12,15-18,20,22,25-26,31,38H,5-8,13-14,19,21,23-24H2,1-4H3. The second-order valence-corrected chi connectivity index (χ2v) is 13.9. The highest BCUT2D eigenvalue weighted by Crippen LogP contribution is 2.44. The van der Waals surface area contributed by atoms with E-state index in [-0.39, 0.29) is 24.5 Å². The van der Waals surface area contributed by atoms with Crippen LogP contribution < -0.4 is 19.3 Å². The number of fused-ring (bicyclic) bond motifs is 1. The number of methoxy groups -OCH3 is 1. The van der Waals surface area contributed by atoms with Crippen LogP contribution >= 0.6 is 11.6 Å². The number of likely N-dealkylation sites (tertiary alicyclic amines) is 1. The molecule has 0 aromatic heterocycles. The lowest BCUT2D eigenvalue weighted by Gasteiger charge is -2.39. The second kappa shape index (κ2) is 14.1. The second-order valence-electron chi connectivity index (χ2n) is 13.4. The lowest BCUT2D eigenvalue weighted by atomic mass is 9.84. The number of halogens is 1. The van der Waals surface area contributed by atoms with E-state index in [4.69, 9.17) is 21.1 Å². The monoisotopic (exact) mass is 643 g/mol. The van der Waals surface area contributed by atoms with E-state index < -0.39 is 0 Å². The first-order valence-corrected chi connectivity index (χ1v) is 17.1. The number of piperidine rings is 1. The quantitative estimate of drug-likeness (QED) is 0.241. The zero-order valence-electron chi connectivity index (χ0n) is 27.5. The Morgan fingerprint density at radius 2 is 1.67 bits per heavy atom. The molecule has 0 N–H and O–H groups in total. The fraction of sp³-hybridized carbons (Fsp3) is 0.474. The first kappa shape index (κ1) is 32.4. The van der Waals surface area contributed by atoms with Crippen LogP contribution in [0.15, 0.2) is 60.7 Å². The van der Waals surface area contributed by atoms with Gasteiger partial charge in [-0.25, -0.2) is 0 Å². The van der Waals surface area contributed by atoms with Gasteiger partial charge in [-0.05, 0) is 124 Å². The van der Waals surface area contributed by atoms with E-state index in [0.717, 1.165) is 54.0 Å². The Morgan fingerprint density at radius 1 is 0.957 bits per heavy atom. The van der Waals surface area contributed by atoms with E-state index in [2.05, 4.69) is 41.1 Å². The summed E-state index contributed by atoms with van der Waals surface area (Å²) >= 11 is 6.28. The fourth-order valence-corrected chi connectivity index (χ4v) is 7.68. The summed E-state index contributed by atoms with van der Waals surface area (Å²) in [6.07, 6.45) is 6.73. The number of benzene rings is 3. The third-order valence-electron chi connectivity index (χ3n) is 9.85. The molecule has 2 aliphatic heterocycles. The van der Waals surface area contributed by atoms with Crippen LogP contribution in [-0.2, 0) is 16.0 Å². The van der Waals surface area contributed by atoms with Crippen LogP contribution in [0.1, 0.15) is 75.1 Å². The van der Waals surface area contributed by atoms with Crippen molar-refractivity contribution in [1.82, 2.24) is 4.90 Å². The lowest BCUT2D eigenvalue weighted by molar-refractivity contribution is -0.123. The largest absolute Gasteiger partial charge is 0.493 e. The Bertz CT molecular complexity index is 1530. The summed E-state index contributed by atoms with van der Waals surface area (Å²) in [6, 6.07) is 20.3. The van der Waals surface area contributed by atoms with Crippen LogP contribution in [0.3, 0.4) is 0 Å². The van der Waals surface area contributed by atoms with Crippen molar-refractivity contribution in [1.29, 1.82) is 0 Å². The van der Waals surface area contributed by atoms with E-state index in [0.29, 0.717) is 40.8 Å². The van der Waals surface area contributed by atoms with Gasteiger partial charge in [0.2, 0.25) is 5.91 Å². The molecule has 1 unspecified atom stereocenters. The molecule has 3 aromatic rings. The molecule has 1 aliphatic carbocycles. The molecule has 3 aromatic carbocycles. The van der Waals surface area contributed by atoms with Crippen molar-refractivity contribution in [2.75, 3.05) is 43.6 Å². The number of carbonyl (C=O) groups is 2. The fourth-order valence-electron chi connectivity index (χ4n) is 7.56. The Balaban J connectivity index is 1.21. The average Bonchev–Trinajstić information content (AvgIpc) is 3.05. The molecule has 3 aliphatic rings. The van der Waals surface area contributed by atoms with Gasteiger partial charge in [0.25, 0.3) is 0 Å². The van der Waals surface area contributed by atoms with E-state index in [1.165, 1.54) is 25.7 Å². The van der Waals surface area contributed by atoms with Crippen molar-refractivity contribution in [3.63, 3.8) is 0 Å². The number of ketones is 1. The predicted molar refractivity (Wildman–Crippen MR) is 185 cm³/mol. The van der Waals surface area contributed by atoms with Gasteiger partial charge >= 0.3 is 0 Å². The molecule has 0 radical (unpaired) electrons. The number of amides is 1. The van der Waals surface area contributed by atoms with Gasteiger partial charge < -0.3 is 19.3 Å². The number of nitrogens with zero attached hydrogens (tertiary/aromatic N) is 3. The first-order valence-electron chi connectivity index (χ1n) is 16.7. The molecule has 1 amide bonds. The van der Waals surface area contributed by atoms with Crippen LogP contribution in [0.5, 0.6) is 11.5 Å². The Morgan fingerprint density at radius 3 is 2.33 bits per heavy atom. The normalized spacial score (nSPS) is 22.1. The molecule has 46 heavy (non-hydrogen) atoms. The van der Waals surface area contributed by atoms with Gasteiger partial charge in [-0.1, -0.05) is 23.7 Å². The highest BCUT2D eigenvalue weighted by atomic mass is 35.5. The van der Waals surface area contributed by atoms with Gasteiger partial charge in [-0.15, -0.1) is 0 Å². The van der Waals surface area contributed by atoms with Crippen LogP contribution in [0.2, 0.25) is 5.02 Å². The van der Waals surface area contributed by atoms with Gasteiger partial charge in [0.15, 0.2) is 11.5 Å². The topological polar surface area (TPSA) is 62.3 Å². The smallest absolute Gasteiger partial charge is 0.232 e. The Labute approximate surface area is 278 Å². The summed E-state index contributed by atoms with van der Waals surface area (Å²) in [5.74, 6) is 2.36. The highest BCUT2D eigenvalue weighted by Gasteiger charge is 2.36. The molecular formula is C38H46ClN3O4. The molecule has 2 fully saturated rings. The van der Waals surface area contributed by atoms with Gasteiger partial charge in [-0.3, -0.25) is 14.5 Å². The molecule has 1 saturated heterocycles. The number of hydrogen-bond acceptors (Lipinski definition) is 6. The van der Waals surface area contributed by atoms with Crippen LogP contribution in [0.4, 0.5) is 11.4 Å². The van der Waals surface area contributed by atoms with Crippen LogP contribution in [0.25, 0.3) is 0 Å². The molecule has 1 saturated carbocycles. The zero-order valence-corrected chi connectivity index (χ0v) is 28.3. The third kappa shape index (κ3) is 7.06. The number of Topliss-reactive ketones (excluding diaryl/α,β-unsaturated/α-hetero) is 1. The minimum Gasteiger partial charge on any atom is -0.493 e. The number of anilines is 2. The summed E-state index contributed by atoms with van der Waals surface area (Å²) in [5, 5.41) is 0.652. The minimum atomic E-state index is -0.345. The summed E-state index contributed by atoms with van der Waals surface area (Å²) in [7, 11) is 3.79. The van der Waals surface area contributed by atoms with Crippen molar-refractivity contribution in [2.45, 2.75) is 77.0 Å². The van der Waals surface area contributed by atoms with Gasteiger partial charge in [-0.2, -0.15) is 0 Å². The van der Waals surface area contributed by atoms with E-state index >= 15 is 0 Å². The average molecular weight is 644 g/mol. The molecule has 7 nitrogen and oxygen atoms in total. The maximum absolute atomic E-state index is 13.9. The van der Waals surface area contributed by atoms with Crippen molar-refractivity contribution in [3.05, 3.63) is 82.4 Å². The minimum absolute atomic E-state index is 0.0258. The number of hydrogen-bond donors (Lipinski definition) is 0. The molecule has 1 atom stereocenters. The van der Waals surface area contributed by atoms with Gasteiger partial charge in [0.05, 0.1) is 32.2 Å². The molecule has 8 heteroatoms. The third-order valence-corrected chi connectivity index (χ3v) is 10.1. The van der Waals surface area contributed by atoms with E-state index in [1.54, 1.807) is 7.11 Å². The summed E-state index contributed by atoms with van der Waals surface area (Å²) in [5.41, 5.74) is 4.92. The van der Waals surface area contributed by atoms with Crippen molar-refractivity contribution in [3.8, 4) is 11.5 Å². The zero-order chi connectivity index (χ0) is 32.4. The lowest BCUT2D eigenvalue weighted by Crippen LogP contribution is -2.45. The molecule has 0 spiro atoms. The predicted octanol–water partition coefficient (Wildman–Crippen LogP) is 7.47. The maximum Gasteiger partial charge on any atom is 0.232 e. The number of ether oxygens (including phenoxy) is 2. The maximum atomic E-state index is 13.9. The highest BCUT2D eigenvalue weighted by molar-refractivity contribution is 6.30. The van der Waals surface area contributed by atoms with Crippen molar-refractivity contribution >= 4 is 34.7 Å². The number of rotatable bonds is 9. The van der Waals surface area contributed by atoms with Crippen molar-refractivity contribution < 1.29 is 19.1 Å². The molecule has 6 rings (SSSR count). The van der Waals surface area contributed by atoms with E-state index in [9.17, 15) is 9.59 Å². The molecular weight excluding hydrogens is 598 g/mol. The SMILES string of the molecule is COc1cc2c(cc1OC(C)C)C(c1ccc(Cl)cc1)N(c1ccc(N(C)CC3CCC(N4CCCC(=O)C4)CC3)cc1)C(=O)C2. The Hall–Kier alpha value is -3.55.